The summed E-state index contributed by atoms with van der Waals surface area (Å²) in [6.45, 7) is 1.00. The molecule has 0 spiro atoms. The first-order valence-electron chi connectivity index (χ1n) is 5.92. The molecule has 0 atom stereocenters. The van der Waals surface area contributed by atoms with Gasteiger partial charge in [0, 0.05) is 12.7 Å². The third kappa shape index (κ3) is 4.09. The van der Waals surface area contributed by atoms with E-state index in [0.717, 1.165) is 0 Å². The zero-order valence-corrected chi connectivity index (χ0v) is 10.3. The van der Waals surface area contributed by atoms with Crippen molar-refractivity contribution in [3.63, 3.8) is 0 Å². The first-order valence-corrected chi connectivity index (χ1v) is 5.92. The van der Waals surface area contributed by atoms with Gasteiger partial charge in [0.25, 0.3) is 0 Å². The summed E-state index contributed by atoms with van der Waals surface area (Å²) in [6.07, 6.45) is 3.41. The molecule has 0 fully saturated rings. The number of rotatable bonds is 5. The van der Waals surface area contributed by atoms with Crippen LogP contribution >= 0.6 is 0 Å². The largest absolute Gasteiger partial charge is 0.396 e. The first-order chi connectivity index (χ1) is 9.13. The SMILES string of the molecule is Nc1cnn(CCNC(=O)Cc2cccc(F)c2)c1. The fraction of sp³-hybridized carbons (Fsp3) is 0.231. The van der Waals surface area contributed by atoms with Crippen molar-refractivity contribution in [3.05, 3.63) is 48.0 Å². The van der Waals surface area contributed by atoms with E-state index in [2.05, 4.69) is 10.4 Å². The minimum absolute atomic E-state index is 0.147. The van der Waals surface area contributed by atoms with Crippen LogP contribution < -0.4 is 11.1 Å². The van der Waals surface area contributed by atoms with Gasteiger partial charge in [-0.2, -0.15) is 5.10 Å². The van der Waals surface area contributed by atoms with Gasteiger partial charge in [0.15, 0.2) is 0 Å². The number of hydrogen-bond donors (Lipinski definition) is 2. The Morgan fingerprint density at radius 1 is 1.47 bits per heavy atom. The molecule has 0 saturated heterocycles. The number of carbonyl (C=O) groups excluding carboxylic acids is 1. The third-order valence-corrected chi connectivity index (χ3v) is 2.57. The van der Waals surface area contributed by atoms with E-state index in [1.165, 1.54) is 12.1 Å². The van der Waals surface area contributed by atoms with Crippen molar-refractivity contribution in [2.24, 2.45) is 0 Å². The zero-order valence-electron chi connectivity index (χ0n) is 10.3. The van der Waals surface area contributed by atoms with Gasteiger partial charge in [-0.1, -0.05) is 12.1 Å². The van der Waals surface area contributed by atoms with Gasteiger partial charge in [-0.15, -0.1) is 0 Å². The Kier molecular flexibility index (Phi) is 4.12. The average Bonchev–Trinajstić information content (AvgIpc) is 2.75. The van der Waals surface area contributed by atoms with E-state index in [9.17, 15) is 9.18 Å². The minimum Gasteiger partial charge on any atom is -0.396 e. The summed E-state index contributed by atoms with van der Waals surface area (Å²) >= 11 is 0. The molecule has 1 aromatic heterocycles. The number of hydrogen-bond acceptors (Lipinski definition) is 3. The van der Waals surface area contributed by atoms with Gasteiger partial charge >= 0.3 is 0 Å². The number of halogens is 1. The lowest BCUT2D eigenvalue weighted by Crippen LogP contribution is -2.28. The van der Waals surface area contributed by atoms with Gasteiger partial charge in [0.05, 0.1) is 24.8 Å². The van der Waals surface area contributed by atoms with E-state index >= 15 is 0 Å². The van der Waals surface area contributed by atoms with E-state index in [-0.39, 0.29) is 18.1 Å². The van der Waals surface area contributed by atoms with Crippen molar-refractivity contribution in [1.82, 2.24) is 15.1 Å². The standard InChI is InChI=1S/C13H15FN4O/c14-11-3-1-2-10(6-11)7-13(19)16-4-5-18-9-12(15)8-17-18/h1-3,6,8-9H,4-5,7,15H2,(H,16,19). The molecule has 1 heterocycles. The van der Waals surface area contributed by atoms with Crippen LogP contribution in [0.25, 0.3) is 0 Å². The number of nitrogens with one attached hydrogen (secondary N) is 1. The Balaban J connectivity index is 1.76. The maximum atomic E-state index is 12.9. The molecule has 0 aliphatic rings. The summed E-state index contributed by atoms with van der Waals surface area (Å²) in [5, 5.41) is 6.74. The van der Waals surface area contributed by atoms with E-state index in [4.69, 9.17) is 5.73 Å². The van der Waals surface area contributed by atoms with E-state index < -0.39 is 0 Å². The molecule has 0 aliphatic carbocycles. The number of carbonyl (C=O) groups is 1. The number of nitrogens with two attached hydrogens (primary N) is 1. The van der Waals surface area contributed by atoms with Crippen LogP contribution in [0.3, 0.4) is 0 Å². The van der Waals surface area contributed by atoms with Crippen LogP contribution in [-0.2, 0) is 17.8 Å². The van der Waals surface area contributed by atoms with Crippen LogP contribution in [0.4, 0.5) is 10.1 Å². The predicted molar refractivity (Wildman–Crippen MR) is 69.8 cm³/mol. The average molecular weight is 262 g/mol. The number of nitrogen functional groups attached to an aromatic ring is 1. The van der Waals surface area contributed by atoms with Crippen LogP contribution in [0.5, 0.6) is 0 Å². The van der Waals surface area contributed by atoms with Crippen molar-refractivity contribution < 1.29 is 9.18 Å². The number of anilines is 1. The summed E-state index contributed by atoms with van der Waals surface area (Å²) in [5.74, 6) is -0.483. The van der Waals surface area contributed by atoms with E-state index in [1.54, 1.807) is 29.2 Å². The Hall–Kier alpha value is -2.37. The topological polar surface area (TPSA) is 72.9 Å². The van der Waals surface area contributed by atoms with Crippen LogP contribution in [0.1, 0.15) is 5.56 Å². The summed E-state index contributed by atoms with van der Waals surface area (Å²) in [7, 11) is 0. The van der Waals surface area contributed by atoms with Crippen LogP contribution in [-0.4, -0.2) is 22.2 Å². The molecular weight excluding hydrogens is 247 g/mol. The molecule has 0 bridgehead atoms. The first kappa shape index (κ1) is 13.1. The van der Waals surface area contributed by atoms with Crippen molar-refractivity contribution in [2.45, 2.75) is 13.0 Å². The highest BCUT2D eigenvalue weighted by molar-refractivity contribution is 5.78. The molecule has 0 radical (unpaired) electrons. The lowest BCUT2D eigenvalue weighted by molar-refractivity contribution is -0.120. The normalized spacial score (nSPS) is 10.4. The van der Waals surface area contributed by atoms with Gasteiger partial charge in [0.1, 0.15) is 5.82 Å². The highest BCUT2D eigenvalue weighted by Gasteiger charge is 2.04. The minimum atomic E-state index is -0.336. The summed E-state index contributed by atoms with van der Waals surface area (Å²) in [6, 6.07) is 6.01. The lowest BCUT2D eigenvalue weighted by Gasteiger charge is -2.05. The maximum absolute atomic E-state index is 12.9. The lowest BCUT2D eigenvalue weighted by atomic mass is 10.1. The third-order valence-electron chi connectivity index (χ3n) is 2.57. The van der Waals surface area contributed by atoms with Gasteiger partial charge in [-0.3, -0.25) is 9.48 Å². The van der Waals surface area contributed by atoms with Crippen molar-refractivity contribution in [2.75, 3.05) is 12.3 Å². The Morgan fingerprint density at radius 3 is 3.00 bits per heavy atom. The molecule has 19 heavy (non-hydrogen) atoms. The molecule has 6 heteroatoms. The number of benzene rings is 1. The molecule has 1 aromatic carbocycles. The van der Waals surface area contributed by atoms with Crippen molar-refractivity contribution >= 4 is 11.6 Å². The fourth-order valence-electron chi connectivity index (χ4n) is 1.71. The van der Waals surface area contributed by atoms with Crippen molar-refractivity contribution in [1.29, 1.82) is 0 Å². The zero-order chi connectivity index (χ0) is 13.7. The summed E-state index contributed by atoms with van der Waals surface area (Å²) in [5.41, 5.74) is 6.76. The molecule has 0 saturated carbocycles. The van der Waals surface area contributed by atoms with E-state index in [0.29, 0.717) is 24.3 Å². The summed E-state index contributed by atoms with van der Waals surface area (Å²) in [4.78, 5) is 11.6. The molecule has 5 nitrogen and oxygen atoms in total. The Bertz CT molecular complexity index is 567. The number of amides is 1. The van der Waals surface area contributed by atoms with Gasteiger partial charge in [-0.25, -0.2) is 4.39 Å². The molecule has 1 amide bonds. The van der Waals surface area contributed by atoms with E-state index in [1.807, 2.05) is 0 Å². The molecular formula is C13H15FN4O. The van der Waals surface area contributed by atoms with Crippen molar-refractivity contribution in [3.8, 4) is 0 Å². The second-order valence-electron chi connectivity index (χ2n) is 4.19. The highest BCUT2D eigenvalue weighted by atomic mass is 19.1. The second kappa shape index (κ2) is 5.99. The maximum Gasteiger partial charge on any atom is 0.224 e. The predicted octanol–water partition coefficient (Wildman–Crippen LogP) is 0.963. The van der Waals surface area contributed by atoms with Gasteiger partial charge in [0.2, 0.25) is 5.91 Å². The number of aromatic nitrogens is 2. The smallest absolute Gasteiger partial charge is 0.224 e. The molecule has 0 aliphatic heterocycles. The van der Waals surface area contributed by atoms with Crippen LogP contribution in [0.2, 0.25) is 0 Å². The Morgan fingerprint density at radius 2 is 2.32 bits per heavy atom. The molecule has 0 unspecified atom stereocenters. The molecule has 2 rings (SSSR count). The van der Waals surface area contributed by atoms with Gasteiger partial charge in [-0.05, 0) is 17.7 Å². The number of nitrogens with zero attached hydrogens (tertiary/aromatic N) is 2. The van der Waals surface area contributed by atoms with Crippen LogP contribution in [0.15, 0.2) is 36.7 Å². The summed E-state index contributed by atoms with van der Waals surface area (Å²) < 4.78 is 14.6. The monoisotopic (exact) mass is 262 g/mol. The molecule has 2 aromatic rings. The molecule has 100 valence electrons. The van der Waals surface area contributed by atoms with Crippen LogP contribution in [0, 0.1) is 5.82 Å². The second-order valence-corrected chi connectivity index (χ2v) is 4.19. The quantitative estimate of drug-likeness (QED) is 0.843. The Labute approximate surface area is 110 Å². The fourth-order valence-corrected chi connectivity index (χ4v) is 1.71. The highest BCUT2D eigenvalue weighted by Crippen LogP contribution is 2.04. The molecule has 3 N–H and O–H groups in total. The van der Waals surface area contributed by atoms with Gasteiger partial charge < -0.3 is 11.1 Å².